The lowest BCUT2D eigenvalue weighted by Crippen LogP contribution is -2.61. The Morgan fingerprint density at radius 1 is 0.882 bits per heavy atom. The van der Waals surface area contributed by atoms with E-state index >= 15 is 0 Å². The summed E-state index contributed by atoms with van der Waals surface area (Å²) in [6, 6.07) is 0. The van der Waals surface area contributed by atoms with Crippen LogP contribution in [0.1, 0.15) is 38.5 Å². The molecule has 2 aliphatic heterocycles. The van der Waals surface area contributed by atoms with Crippen LogP contribution in [0.4, 0.5) is 0 Å². The highest BCUT2D eigenvalue weighted by atomic mass is 32.2. The molecule has 1 saturated carbocycles. The Bertz CT molecular complexity index is 384. The molecular weight excluding hydrogens is 238 g/mol. The Balaban J connectivity index is 1.75. The summed E-state index contributed by atoms with van der Waals surface area (Å²) in [5.74, 6) is 0.593. The van der Waals surface area contributed by atoms with Crippen molar-refractivity contribution < 1.29 is 13.2 Å². The summed E-state index contributed by atoms with van der Waals surface area (Å²) in [7, 11) is -2.80. The molecule has 3 fully saturated rings. The molecule has 17 heavy (non-hydrogen) atoms. The second-order valence-electron chi connectivity index (χ2n) is 5.93. The first kappa shape index (κ1) is 11.9. The molecule has 0 bridgehead atoms. The first-order valence-corrected chi connectivity index (χ1v) is 8.47. The highest BCUT2D eigenvalue weighted by Gasteiger charge is 2.48. The molecule has 2 heterocycles. The first-order valence-electron chi connectivity index (χ1n) is 6.65. The third-order valence-corrected chi connectivity index (χ3v) is 6.23. The lowest BCUT2D eigenvalue weighted by molar-refractivity contribution is -0.178. The van der Waals surface area contributed by atoms with Gasteiger partial charge >= 0.3 is 0 Å². The zero-order valence-corrected chi connectivity index (χ0v) is 11.0. The van der Waals surface area contributed by atoms with Crippen LogP contribution in [0.3, 0.4) is 0 Å². The molecule has 3 rings (SSSR count). The van der Waals surface area contributed by atoms with Crippen LogP contribution in [0.5, 0.6) is 0 Å². The molecule has 0 atom stereocenters. The van der Waals surface area contributed by atoms with Gasteiger partial charge in [-0.2, -0.15) is 0 Å². The minimum Gasteiger partial charge on any atom is -0.366 e. The van der Waals surface area contributed by atoms with Crippen LogP contribution in [0.25, 0.3) is 0 Å². The number of rotatable bonds is 0. The lowest BCUT2D eigenvalue weighted by atomic mass is 9.89. The maximum atomic E-state index is 11.5. The fourth-order valence-electron chi connectivity index (χ4n) is 3.54. The molecular formula is C12H21NO3S. The molecule has 0 aromatic rings. The SMILES string of the molecule is O=S1(=O)CCC2(CC1)CNCC1(CCCC1)O2. The van der Waals surface area contributed by atoms with Crippen LogP contribution in [0, 0.1) is 0 Å². The maximum absolute atomic E-state index is 11.5. The molecule has 0 aromatic heterocycles. The van der Waals surface area contributed by atoms with Crippen LogP contribution < -0.4 is 5.32 Å². The molecule has 98 valence electrons. The lowest BCUT2D eigenvalue weighted by Gasteiger charge is -2.49. The average Bonchev–Trinajstić information content (AvgIpc) is 2.72. The third kappa shape index (κ3) is 2.25. The number of ether oxygens (including phenoxy) is 1. The Hall–Kier alpha value is -0.130. The second-order valence-corrected chi connectivity index (χ2v) is 8.23. The smallest absolute Gasteiger partial charge is 0.150 e. The van der Waals surface area contributed by atoms with E-state index in [1.54, 1.807) is 0 Å². The molecule has 0 unspecified atom stereocenters. The number of hydrogen-bond acceptors (Lipinski definition) is 4. The highest BCUT2D eigenvalue weighted by molar-refractivity contribution is 7.91. The summed E-state index contributed by atoms with van der Waals surface area (Å²) < 4.78 is 29.5. The van der Waals surface area contributed by atoms with E-state index in [-0.39, 0.29) is 11.2 Å². The summed E-state index contributed by atoms with van der Waals surface area (Å²) in [6.07, 6.45) is 6.10. The predicted molar refractivity (Wildman–Crippen MR) is 65.8 cm³/mol. The summed E-state index contributed by atoms with van der Waals surface area (Å²) in [4.78, 5) is 0. The maximum Gasteiger partial charge on any atom is 0.150 e. The van der Waals surface area contributed by atoms with Crippen LogP contribution in [0.2, 0.25) is 0 Å². The van der Waals surface area contributed by atoms with Gasteiger partial charge < -0.3 is 10.1 Å². The van der Waals surface area contributed by atoms with Gasteiger partial charge in [-0.1, -0.05) is 12.8 Å². The Kier molecular flexibility index (Phi) is 2.76. The van der Waals surface area contributed by atoms with Gasteiger partial charge in [0.15, 0.2) is 9.84 Å². The van der Waals surface area contributed by atoms with Crippen LogP contribution in [-0.2, 0) is 14.6 Å². The number of morpholine rings is 1. The molecule has 2 saturated heterocycles. The molecule has 0 radical (unpaired) electrons. The molecule has 4 nitrogen and oxygen atoms in total. The fourth-order valence-corrected chi connectivity index (χ4v) is 5.11. The number of hydrogen-bond donors (Lipinski definition) is 1. The van der Waals surface area contributed by atoms with Gasteiger partial charge in [-0.25, -0.2) is 8.42 Å². The number of sulfone groups is 1. The zero-order chi connectivity index (χ0) is 12.0. The summed E-state index contributed by atoms with van der Waals surface area (Å²) in [6.45, 7) is 1.77. The Morgan fingerprint density at radius 3 is 2.00 bits per heavy atom. The minimum atomic E-state index is -2.80. The molecule has 1 N–H and O–H groups in total. The molecule has 0 amide bonds. The zero-order valence-electron chi connectivity index (χ0n) is 10.2. The van der Waals surface area contributed by atoms with Gasteiger partial charge in [0.2, 0.25) is 0 Å². The second kappa shape index (κ2) is 3.93. The van der Waals surface area contributed by atoms with Gasteiger partial charge in [0, 0.05) is 13.1 Å². The Labute approximate surface area is 103 Å². The Morgan fingerprint density at radius 2 is 1.41 bits per heavy atom. The topological polar surface area (TPSA) is 55.4 Å². The van der Waals surface area contributed by atoms with Crippen molar-refractivity contribution in [1.29, 1.82) is 0 Å². The standard InChI is InChI=1S/C12H21NO3S/c14-17(15)7-5-12(6-8-17)10-13-9-11(16-12)3-1-2-4-11/h13H,1-10H2. The van der Waals surface area contributed by atoms with Crippen molar-refractivity contribution in [2.45, 2.75) is 49.7 Å². The summed E-state index contributed by atoms with van der Waals surface area (Å²) in [5.41, 5.74) is -0.187. The van der Waals surface area contributed by atoms with E-state index in [1.165, 1.54) is 12.8 Å². The van der Waals surface area contributed by atoms with E-state index in [9.17, 15) is 8.42 Å². The van der Waals surface area contributed by atoms with Gasteiger partial charge in [0.1, 0.15) is 0 Å². The van der Waals surface area contributed by atoms with Crippen molar-refractivity contribution in [3.05, 3.63) is 0 Å². The van der Waals surface area contributed by atoms with E-state index in [0.717, 1.165) is 25.9 Å². The minimum absolute atomic E-state index is 0.0132. The third-order valence-electron chi connectivity index (χ3n) is 4.58. The van der Waals surface area contributed by atoms with Crippen molar-refractivity contribution >= 4 is 9.84 Å². The van der Waals surface area contributed by atoms with Crippen LogP contribution in [0.15, 0.2) is 0 Å². The van der Waals surface area contributed by atoms with Gasteiger partial charge in [-0.3, -0.25) is 0 Å². The van der Waals surface area contributed by atoms with Crippen molar-refractivity contribution in [3.63, 3.8) is 0 Å². The quantitative estimate of drug-likeness (QED) is 0.701. The normalized spacial score (nSPS) is 34.1. The van der Waals surface area contributed by atoms with Crippen molar-refractivity contribution in [3.8, 4) is 0 Å². The van der Waals surface area contributed by atoms with Crippen molar-refractivity contribution in [2.75, 3.05) is 24.6 Å². The van der Waals surface area contributed by atoms with E-state index in [4.69, 9.17) is 4.74 Å². The fraction of sp³-hybridized carbons (Fsp3) is 1.00. The van der Waals surface area contributed by atoms with E-state index < -0.39 is 9.84 Å². The average molecular weight is 259 g/mol. The summed E-state index contributed by atoms with van der Waals surface area (Å²) in [5, 5.41) is 3.49. The van der Waals surface area contributed by atoms with Gasteiger partial charge in [-0.05, 0) is 25.7 Å². The van der Waals surface area contributed by atoms with Crippen LogP contribution in [-0.4, -0.2) is 44.2 Å². The van der Waals surface area contributed by atoms with Gasteiger partial charge in [-0.15, -0.1) is 0 Å². The largest absolute Gasteiger partial charge is 0.366 e. The molecule has 5 heteroatoms. The van der Waals surface area contributed by atoms with E-state index in [0.29, 0.717) is 24.3 Å². The number of nitrogens with one attached hydrogen (secondary N) is 1. The molecule has 3 aliphatic rings. The van der Waals surface area contributed by atoms with Gasteiger partial charge in [0.25, 0.3) is 0 Å². The highest BCUT2D eigenvalue weighted by Crippen LogP contribution is 2.42. The molecule has 0 aromatic carbocycles. The van der Waals surface area contributed by atoms with Crippen molar-refractivity contribution in [1.82, 2.24) is 5.32 Å². The van der Waals surface area contributed by atoms with E-state index in [2.05, 4.69) is 5.32 Å². The van der Waals surface area contributed by atoms with E-state index in [1.807, 2.05) is 0 Å². The summed E-state index contributed by atoms with van der Waals surface area (Å²) >= 11 is 0. The monoisotopic (exact) mass is 259 g/mol. The van der Waals surface area contributed by atoms with Crippen LogP contribution >= 0.6 is 0 Å². The van der Waals surface area contributed by atoms with Crippen molar-refractivity contribution in [2.24, 2.45) is 0 Å². The first-order chi connectivity index (χ1) is 8.04. The molecule has 1 aliphatic carbocycles. The van der Waals surface area contributed by atoms with Gasteiger partial charge in [0.05, 0.1) is 22.7 Å². The predicted octanol–water partition coefficient (Wildman–Crippen LogP) is 0.866. The molecule has 2 spiro atoms.